The smallest absolute Gasteiger partial charge is 0.229 e. The van der Waals surface area contributed by atoms with E-state index in [2.05, 4.69) is 51.4 Å². The van der Waals surface area contributed by atoms with E-state index in [4.69, 9.17) is 0 Å². The van der Waals surface area contributed by atoms with Crippen LogP contribution in [-0.4, -0.2) is 29.0 Å². The molecule has 1 aliphatic heterocycles. The number of rotatable bonds is 5. The first-order chi connectivity index (χ1) is 14.6. The molecule has 1 N–H and O–H groups in total. The summed E-state index contributed by atoms with van der Waals surface area (Å²) in [6, 6.07) is 16.3. The van der Waals surface area contributed by atoms with Crippen molar-refractivity contribution >= 4 is 29.2 Å². The lowest BCUT2D eigenvalue weighted by atomic mass is 9.97. The van der Waals surface area contributed by atoms with Gasteiger partial charge in [-0.15, -0.1) is 0 Å². The van der Waals surface area contributed by atoms with Crippen LogP contribution < -0.4 is 10.2 Å². The number of nitrogens with one attached hydrogen (secondary N) is 1. The van der Waals surface area contributed by atoms with Crippen molar-refractivity contribution in [3.05, 3.63) is 72.1 Å². The summed E-state index contributed by atoms with van der Waals surface area (Å²) in [6.45, 7) is 5.65. The summed E-state index contributed by atoms with van der Waals surface area (Å²) in [5.41, 5.74) is 3.21. The van der Waals surface area contributed by atoms with E-state index in [0.29, 0.717) is 6.54 Å². The molecule has 1 fully saturated rings. The van der Waals surface area contributed by atoms with E-state index in [1.807, 2.05) is 31.2 Å². The van der Waals surface area contributed by atoms with Crippen LogP contribution in [0.1, 0.15) is 24.0 Å². The van der Waals surface area contributed by atoms with Crippen molar-refractivity contribution in [3.8, 4) is 0 Å². The average molecular weight is 419 g/mol. The van der Waals surface area contributed by atoms with Crippen LogP contribution in [-0.2, 0) is 4.79 Å². The van der Waals surface area contributed by atoms with Gasteiger partial charge in [-0.05, 0) is 56.5 Å². The van der Waals surface area contributed by atoms with E-state index < -0.39 is 0 Å². The molecule has 1 amide bonds. The summed E-state index contributed by atoms with van der Waals surface area (Å²) in [5, 5.41) is 3.96. The quantitative estimate of drug-likeness (QED) is 0.625. The number of aromatic nitrogens is 2. The number of nitrogens with zero attached hydrogens (tertiary/aromatic N) is 3. The topological polar surface area (TPSA) is 58.1 Å². The molecule has 1 atom stereocenters. The van der Waals surface area contributed by atoms with Crippen molar-refractivity contribution in [2.45, 2.75) is 36.6 Å². The fraction of sp³-hybridized carbons (Fsp3) is 0.292. The molecule has 6 heteroatoms. The third-order valence-corrected chi connectivity index (χ3v) is 6.20. The van der Waals surface area contributed by atoms with E-state index >= 15 is 0 Å². The molecule has 2 heterocycles. The highest BCUT2D eigenvalue weighted by Gasteiger charge is 2.28. The number of hydrogen-bond acceptors (Lipinski definition) is 5. The molecule has 1 aliphatic rings. The Balaban J connectivity index is 1.49. The highest BCUT2D eigenvalue weighted by molar-refractivity contribution is 7.99. The normalized spacial score (nSPS) is 16.3. The first-order valence-electron chi connectivity index (χ1n) is 10.3. The summed E-state index contributed by atoms with van der Waals surface area (Å²) in [5.74, 6) is 0.859. The Hall–Kier alpha value is -2.86. The van der Waals surface area contributed by atoms with Gasteiger partial charge in [-0.1, -0.05) is 41.6 Å². The fourth-order valence-electron chi connectivity index (χ4n) is 3.75. The van der Waals surface area contributed by atoms with Gasteiger partial charge in [0.25, 0.3) is 0 Å². The molecule has 0 unspecified atom stereocenters. The van der Waals surface area contributed by atoms with Gasteiger partial charge in [0.15, 0.2) is 5.82 Å². The Morgan fingerprint density at radius 1 is 1.07 bits per heavy atom. The SMILES string of the molecule is Cc1cccc(NC(=O)[C@H]2CCCN(c3nccnc3Sc3cccc(C)c3)C2)c1. The van der Waals surface area contributed by atoms with Gasteiger partial charge >= 0.3 is 0 Å². The van der Waals surface area contributed by atoms with Gasteiger partial charge in [0.05, 0.1) is 5.92 Å². The minimum Gasteiger partial charge on any atom is -0.354 e. The molecule has 0 radical (unpaired) electrons. The summed E-state index contributed by atoms with van der Waals surface area (Å²) in [6.07, 6.45) is 5.30. The molecule has 1 aromatic heterocycles. The van der Waals surface area contributed by atoms with E-state index in [-0.39, 0.29) is 11.8 Å². The van der Waals surface area contributed by atoms with Gasteiger partial charge in [0.1, 0.15) is 5.03 Å². The van der Waals surface area contributed by atoms with Gasteiger partial charge in [0.2, 0.25) is 5.91 Å². The number of piperidine rings is 1. The number of hydrogen-bond donors (Lipinski definition) is 1. The van der Waals surface area contributed by atoms with Crippen molar-refractivity contribution in [2.24, 2.45) is 5.92 Å². The van der Waals surface area contributed by atoms with Crippen LogP contribution in [0.25, 0.3) is 0 Å². The second kappa shape index (κ2) is 9.30. The minimum atomic E-state index is -0.0712. The molecule has 1 saturated heterocycles. The lowest BCUT2D eigenvalue weighted by Gasteiger charge is -2.33. The molecule has 30 heavy (non-hydrogen) atoms. The van der Waals surface area contributed by atoms with Crippen molar-refractivity contribution in [2.75, 3.05) is 23.3 Å². The molecule has 0 bridgehead atoms. The summed E-state index contributed by atoms with van der Waals surface area (Å²) >= 11 is 1.62. The number of aryl methyl sites for hydroxylation is 2. The molecule has 4 rings (SSSR count). The van der Waals surface area contributed by atoms with Crippen molar-refractivity contribution in [3.63, 3.8) is 0 Å². The molecular formula is C24H26N4OS. The van der Waals surface area contributed by atoms with Crippen LogP contribution in [0.3, 0.4) is 0 Å². The zero-order valence-corrected chi connectivity index (χ0v) is 18.2. The van der Waals surface area contributed by atoms with E-state index in [9.17, 15) is 4.79 Å². The van der Waals surface area contributed by atoms with Crippen LogP contribution in [0.15, 0.2) is 70.8 Å². The minimum absolute atomic E-state index is 0.0712. The number of anilines is 2. The zero-order chi connectivity index (χ0) is 20.9. The fourth-order valence-corrected chi connectivity index (χ4v) is 4.75. The zero-order valence-electron chi connectivity index (χ0n) is 17.3. The number of amides is 1. The molecule has 154 valence electrons. The maximum absolute atomic E-state index is 12.9. The molecule has 0 aliphatic carbocycles. The lowest BCUT2D eigenvalue weighted by molar-refractivity contribution is -0.120. The van der Waals surface area contributed by atoms with E-state index in [1.165, 1.54) is 5.56 Å². The maximum atomic E-state index is 12.9. The Morgan fingerprint density at radius 3 is 2.63 bits per heavy atom. The van der Waals surface area contributed by atoms with Gasteiger partial charge in [-0.3, -0.25) is 4.79 Å². The number of benzene rings is 2. The van der Waals surface area contributed by atoms with E-state index in [1.54, 1.807) is 24.2 Å². The van der Waals surface area contributed by atoms with E-state index in [0.717, 1.165) is 46.4 Å². The monoisotopic (exact) mass is 418 g/mol. The van der Waals surface area contributed by atoms with Crippen LogP contribution in [0.2, 0.25) is 0 Å². The van der Waals surface area contributed by atoms with Crippen LogP contribution in [0.4, 0.5) is 11.5 Å². The summed E-state index contributed by atoms with van der Waals surface area (Å²) in [7, 11) is 0. The molecule has 3 aromatic rings. The third-order valence-electron chi connectivity index (χ3n) is 5.23. The summed E-state index contributed by atoms with van der Waals surface area (Å²) < 4.78 is 0. The Bertz CT molecular complexity index is 1040. The van der Waals surface area contributed by atoms with Crippen molar-refractivity contribution < 1.29 is 4.79 Å². The predicted octanol–water partition coefficient (Wildman–Crippen LogP) is 5.10. The Kier molecular flexibility index (Phi) is 6.33. The predicted molar refractivity (Wildman–Crippen MR) is 122 cm³/mol. The van der Waals surface area contributed by atoms with Crippen molar-refractivity contribution in [1.82, 2.24) is 9.97 Å². The average Bonchev–Trinajstić information content (AvgIpc) is 2.74. The second-order valence-electron chi connectivity index (χ2n) is 7.75. The molecule has 0 saturated carbocycles. The van der Waals surface area contributed by atoms with Gasteiger partial charge < -0.3 is 10.2 Å². The molecule has 5 nitrogen and oxygen atoms in total. The standard InChI is InChI=1S/C24H26N4OS/c1-17-6-3-9-20(14-17)27-23(29)19-8-5-13-28(16-19)22-24(26-12-11-25-22)30-21-10-4-7-18(2)15-21/h3-4,6-7,9-12,14-15,19H,5,8,13,16H2,1-2H3,(H,27,29)/t19-/m0/s1. The highest BCUT2D eigenvalue weighted by Crippen LogP contribution is 2.34. The van der Waals surface area contributed by atoms with Gasteiger partial charge in [0, 0.05) is 36.1 Å². The summed E-state index contributed by atoms with van der Waals surface area (Å²) in [4.78, 5) is 25.4. The number of carbonyl (C=O) groups excluding carboxylic acids is 1. The third kappa shape index (κ3) is 5.00. The first-order valence-corrected chi connectivity index (χ1v) is 11.1. The Labute approximate surface area is 181 Å². The highest BCUT2D eigenvalue weighted by atomic mass is 32.2. The van der Waals surface area contributed by atoms with Gasteiger partial charge in [-0.25, -0.2) is 9.97 Å². The molecular weight excluding hydrogens is 392 g/mol. The van der Waals surface area contributed by atoms with Crippen LogP contribution >= 0.6 is 11.8 Å². The second-order valence-corrected chi connectivity index (χ2v) is 8.81. The van der Waals surface area contributed by atoms with Crippen LogP contribution in [0, 0.1) is 19.8 Å². The first kappa shape index (κ1) is 20.4. The van der Waals surface area contributed by atoms with Crippen LogP contribution in [0.5, 0.6) is 0 Å². The Morgan fingerprint density at radius 2 is 1.83 bits per heavy atom. The molecule has 2 aromatic carbocycles. The van der Waals surface area contributed by atoms with Gasteiger partial charge in [-0.2, -0.15) is 0 Å². The molecule has 0 spiro atoms. The largest absolute Gasteiger partial charge is 0.354 e. The lowest BCUT2D eigenvalue weighted by Crippen LogP contribution is -2.41. The number of carbonyl (C=O) groups is 1. The maximum Gasteiger partial charge on any atom is 0.229 e. The van der Waals surface area contributed by atoms with Crippen molar-refractivity contribution in [1.29, 1.82) is 0 Å².